The van der Waals surface area contributed by atoms with Crippen molar-refractivity contribution in [3.8, 4) is 5.75 Å². The van der Waals surface area contributed by atoms with Crippen molar-refractivity contribution in [1.82, 2.24) is 5.32 Å². The molecule has 0 atom stereocenters. The van der Waals surface area contributed by atoms with E-state index < -0.39 is 0 Å². The molecule has 4 heteroatoms. The molecule has 2 rings (SSSR count). The lowest BCUT2D eigenvalue weighted by atomic mass is 10.1. The van der Waals surface area contributed by atoms with Crippen molar-refractivity contribution in [2.24, 2.45) is 0 Å². The molecule has 0 heterocycles. The van der Waals surface area contributed by atoms with Gasteiger partial charge in [-0.15, -0.1) is 0 Å². The highest BCUT2D eigenvalue weighted by molar-refractivity contribution is 5.90. The molecular formula is C17H20N2O2. The molecule has 0 aromatic heterocycles. The normalized spacial score (nSPS) is 10.0. The van der Waals surface area contributed by atoms with Crippen molar-refractivity contribution < 1.29 is 9.53 Å². The smallest absolute Gasteiger partial charge is 0.319 e. The zero-order chi connectivity index (χ0) is 15.2. The van der Waals surface area contributed by atoms with Crippen LogP contribution in [-0.2, 0) is 6.54 Å². The first-order valence-electron chi connectivity index (χ1n) is 6.84. The van der Waals surface area contributed by atoms with Crippen LogP contribution < -0.4 is 15.4 Å². The maximum absolute atomic E-state index is 12.0. The second-order valence-corrected chi connectivity index (χ2v) is 4.94. The second-order valence-electron chi connectivity index (χ2n) is 4.94. The van der Waals surface area contributed by atoms with E-state index in [1.807, 2.05) is 56.3 Å². The van der Waals surface area contributed by atoms with E-state index in [1.165, 1.54) is 5.56 Å². The molecule has 110 valence electrons. The fourth-order valence-corrected chi connectivity index (χ4v) is 2.14. The number of hydrogen-bond donors (Lipinski definition) is 2. The molecule has 2 aromatic carbocycles. The summed E-state index contributed by atoms with van der Waals surface area (Å²) in [4.78, 5) is 12.0. The number of urea groups is 1. The Bertz CT molecular complexity index is 638. The van der Waals surface area contributed by atoms with Gasteiger partial charge in [0.1, 0.15) is 5.75 Å². The van der Waals surface area contributed by atoms with Gasteiger partial charge in [-0.3, -0.25) is 0 Å². The summed E-state index contributed by atoms with van der Waals surface area (Å²) >= 11 is 0. The molecule has 0 saturated carbocycles. The first kappa shape index (κ1) is 14.9. The van der Waals surface area contributed by atoms with Gasteiger partial charge in [-0.05, 0) is 31.5 Å². The second kappa shape index (κ2) is 6.79. The Labute approximate surface area is 125 Å². The van der Waals surface area contributed by atoms with E-state index in [9.17, 15) is 4.79 Å². The molecule has 0 fully saturated rings. The molecule has 0 aliphatic rings. The van der Waals surface area contributed by atoms with Gasteiger partial charge in [-0.1, -0.05) is 35.9 Å². The quantitative estimate of drug-likeness (QED) is 0.900. The van der Waals surface area contributed by atoms with Crippen LogP contribution in [0, 0.1) is 13.8 Å². The fraction of sp³-hybridized carbons (Fsp3) is 0.235. The van der Waals surface area contributed by atoms with Gasteiger partial charge >= 0.3 is 6.03 Å². The van der Waals surface area contributed by atoms with Crippen LogP contribution in [0.5, 0.6) is 5.75 Å². The molecule has 4 nitrogen and oxygen atoms in total. The lowest BCUT2D eigenvalue weighted by Gasteiger charge is -2.12. The summed E-state index contributed by atoms with van der Waals surface area (Å²) in [6.45, 7) is 4.42. The van der Waals surface area contributed by atoms with Gasteiger partial charge in [0, 0.05) is 17.8 Å². The standard InChI is InChI=1S/C17H20N2O2/c1-12-8-9-15(13(2)10-12)19-17(20)18-11-14-6-4-5-7-16(14)21-3/h4-10H,11H2,1-3H3,(H2,18,19,20). The summed E-state index contributed by atoms with van der Waals surface area (Å²) in [6, 6.07) is 13.3. The highest BCUT2D eigenvalue weighted by Crippen LogP contribution is 2.18. The van der Waals surface area contributed by atoms with Crippen LogP contribution in [-0.4, -0.2) is 13.1 Å². The number of nitrogens with one attached hydrogen (secondary N) is 2. The third-order valence-electron chi connectivity index (χ3n) is 3.26. The summed E-state index contributed by atoms with van der Waals surface area (Å²) in [6.07, 6.45) is 0. The summed E-state index contributed by atoms with van der Waals surface area (Å²) in [5.74, 6) is 0.768. The Morgan fingerprint density at radius 3 is 2.62 bits per heavy atom. The third kappa shape index (κ3) is 3.99. The van der Waals surface area contributed by atoms with Gasteiger partial charge < -0.3 is 15.4 Å². The van der Waals surface area contributed by atoms with E-state index in [0.717, 1.165) is 22.6 Å². The van der Waals surface area contributed by atoms with Crippen LogP contribution in [0.2, 0.25) is 0 Å². The monoisotopic (exact) mass is 284 g/mol. The largest absolute Gasteiger partial charge is 0.496 e. The number of rotatable bonds is 4. The van der Waals surface area contributed by atoms with Crippen molar-refractivity contribution >= 4 is 11.7 Å². The molecule has 21 heavy (non-hydrogen) atoms. The molecule has 0 bridgehead atoms. The number of anilines is 1. The predicted octanol–water partition coefficient (Wildman–Crippen LogP) is 3.63. The van der Waals surface area contributed by atoms with Crippen molar-refractivity contribution in [1.29, 1.82) is 0 Å². The maximum atomic E-state index is 12.0. The average Bonchev–Trinajstić information content (AvgIpc) is 2.48. The topological polar surface area (TPSA) is 50.4 Å². The van der Waals surface area contributed by atoms with Crippen LogP contribution in [0.3, 0.4) is 0 Å². The number of methoxy groups -OCH3 is 1. The Balaban J connectivity index is 1.96. The molecule has 0 radical (unpaired) electrons. The SMILES string of the molecule is COc1ccccc1CNC(=O)Nc1ccc(C)cc1C. The van der Waals surface area contributed by atoms with E-state index in [2.05, 4.69) is 10.6 Å². The molecule has 0 saturated heterocycles. The van der Waals surface area contributed by atoms with Gasteiger partial charge in [-0.25, -0.2) is 4.79 Å². The molecule has 2 N–H and O–H groups in total. The predicted molar refractivity (Wildman–Crippen MR) is 84.8 cm³/mol. The van der Waals surface area contributed by atoms with Crippen LogP contribution in [0.4, 0.5) is 10.5 Å². The highest BCUT2D eigenvalue weighted by atomic mass is 16.5. The van der Waals surface area contributed by atoms with E-state index in [4.69, 9.17) is 4.74 Å². The molecule has 0 unspecified atom stereocenters. The number of hydrogen-bond acceptors (Lipinski definition) is 2. The number of carbonyl (C=O) groups excluding carboxylic acids is 1. The summed E-state index contributed by atoms with van der Waals surface area (Å²) < 4.78 is 5.26. The molecule has 0 spiro atoms. The Morgan fingerprint density at radius 2 is 1.90 bits per heavy atom. The number of para-hydroxylation sites is 1. The van der Waals surface area contributed by atoms with E-state index in [-0.39, 0.29) is 6.03 Å². The molecule has 0 aliphatic carbocycles. The van der Waals surface area contributed by atoms with Gasteiger partial charge in [0.25, 0.3) is 0 Å². The van der Waals surface area contributed by atoms with Gasteiger partial charge in [0.15, 0.2) is 0 Å². The lowest BCUT2D eigenvalue weighted by Crippen LogP contribution is -2.28. The first-order valence-corrected chi connectivity index (χ1v) is 6.84. The van der Waals surface area contributed by atoms with Crippen molar-refractivity contribution in [3.63, 3.8) is 0 Å². The van der Waals surface area contributed by atoms with Gasteiger partial charge in [0.05, 0.1) is 7.11 Å². The molecule has 2 aromatic rings. The van der Waals surface area contributed by atoms with Crippen LogP contribution in [0.15, 0.2) is 42.5 Å². The van der Waals surface area contributed by atoms with Crippen LogP contribution in [0.25, 0.3) is 0 Å². The van der Waals surface area contributed by atoms with E-state index in [1.54, 1.807) is 7.11 Å². The summed E-state index contributed by atoms with van der Waals surface area (Å²) in [5, 5.41) is 5.69. The first-order chi connectivity index (χ1) is 10.1. The summed E-state index contributed by atoms with van der Waals surface area (Å²) in [5.41, 5.74) is 3.98. The van der Waals surface area contributed by atoms with Crippen molar-refractivity contribution in [2.75, 3.05) is 12.4 Å². The lowest BCUT2D eigenvalue weighted by molar-refractivity contribution is 0.251. The number of amides is 2. The fourth-order valence-electron chi connectivity index (χ4n) is 2.14. The number of benzene rings is 2. The highest BCUT2D eigenvalue weighted by Gasteiger charge is 2.06. The van der Waals surface area contributed by atoms with E-state index in [0.29, 0.717) is 6.54 Å². The molecular weight excluding hydrogens is 264 g/mol. The van der Waals surface area contributed by atoms with E-state index >= 15 is 0 Å². The van der Waals surface area contributed by atoms with Crippen LogP contribution >= 0.6 is 0 Å². The molecule has 2 amide bonds. The number of ether oxygens (including phenoxy) is 1. The van der Waals surface area contributed by atoms with Gasteiger partial charge in [-0.2, -0.15) is 0 Å². The Kier molecular flexibility index (Phi) is 4.82. The Morgan fingerprint density at radius 1 is 1.14 bits per heavy atom. The minimum absolute atomic E-state index is 0.229. The van der Waals surface area contributed by atoms with Crippen LogP contribution in [0.1, 0.15) is 16.7 Å². The number of aryl methyl sites for hydroxylation is 2. The number of carbonyl (C=O) groups is 1. The minimum atomic E-state index is -0.229. The zero-order valence-electron chi connectivity index (χ0n) is 12.6. The zero-order valence-corrected chi connectivity index (χ0v) is 12.6. The average molecular weight is 284 g/mol. The summed E-state index contributed by atoms with van der Waals surface area (Å²) in [7, 11) is 1.62. The third-order valence-corrected chi connectivity index (χ3v) is 3.26. The maximum Gasteiger partial charge on any atom is 0.319 e. The van der Waals surface area contributed by atoms with Crippen molar-refractivity contribution in [2.45, 2.75) is 20.4 Å². The van der Waals surface area contributed by atoms with Crippen molar-refractivity contribution in [3.05, 3.63) is 59.2 Å². The molecule has 0 aliphatic heterocycles. The minimum Gasteiger partial charge on any atom is -0.496 e. The van der Waals surface area contributed by atoms with Gasteiger partial charge in [0.2, 0.25) is 0 Å². The Hall–Kier alpha value is -2.49.